The fraction of sp³-hybridized carbons (Fsp3) is 0.294. The number of anilines is 1. The monoisotopic (exact) mass is 358 g/mol. The molecule has 3 rings (SSSR count). The number of methoxy groups -OCH3 is 1. The van der Waals surface area contributed by atoms with E-state index in [1.54, 1.807) is 6.21 Å². The fourth-order valence-electron chi connectivity index (χ4n) is 2.57. The second-order valence-electron chi connectivity index (χ2n) is 5.53. The summed E-state index contributed by atoms with van der Waals surface area (Å²) in [7, 11) is 1.26. The molecule has 25 heavy (non-hydrogen) atoms. The quantitative estimate of drug-likeness (QED) is 0.385. The Bertz CT molecular complexity index is 767. The van der Waals surface area contributed by atoms with E-state index in [0.29, 0.717) is 5.17 Å². The number of ether oxygens (including phenoxy) is 1. The first-order valence-corrected chi connectivity index (χ1v) is 8.72. The van der Waals surface area contributed by atoms with Gasteiger partial charge in [-0.25, -0.2) is 4.79 Å². The number of hydrogen-bond donors (Lipinski definition) is 1. The molecule has 0 atom stereocenters. The number of hydrogen-bond acceptors (Lipinski definition) is 7. The molecule has 0 aliphatic carbocycles. The summed E-state index contributed by atoms with van der Waals surface area (Å²) in [5.74, 6) is -0.971. The minimum Gasteiger partial charge on any atom is -0.466 e. The van der Waals surface area contributed by atoms with Crippen molar-refractivity contribution in [2.45, 2.75) is 12.8 Å². The smallest absolute Gasteiger partial charge is 0.331 e. The number of benzene rings is 1. The predicted octanol–water partition coefficient (Wildman–Crippen LogP) is 1.90. The molecule has 1 amide bonds. The Labute approximate surface area is 149 Å². The zero-order valence-corrected chi connectivity index (χ0v) is 14.6. The highest BCUT2D eigenvalue weighted by atomic mass is 32.2. The number of amides is 1. The van der Waals surface area contributed by atoms with Crippen LogP contribution in [-0.4, -0.2) is 43.5 Å². The van der Waals surface area contributed by atoms with E-state index in [0.717, 1.165) is 36.5 Å². The van der Waals surface area contributed by atoms with E-state index >= 15 is 0 Å². The minimum absolute atomic E-state index is 0.233. The zero-order valence-electron chi connectivity index (χ0n) is 13.8. The lowest BCUT2D eigenvalue weighted by molar-refractivity contribution is -0.135. The van der Waals surface area contributed by atoms with Crippen molar-refractivity contribution < 1.29 is 14.3 Å². The van der Waals surface area contributed by atoms with Gasteiger partial charge in [-0.15, -0.1) is 5.10 Å². The van der Waals surface area contributed by atoms with Gasteiger partial charge in [0.1, 0.15) is 0 Å². The maximum absolute atomic E-state index is 11.7. The van der Waals surface area contributed by atoms with E-state index in [2.05, 4.69) is 37.3 Å². The van der Waals surface area contributed by atoms with E-state index in [9.17, 15) is 9.59 Å². The number of thioether (sulfide) groups is 1. The molecule has 0 saturated carbocycles. The standard InChI is InChI=1S/C17H18N4O3S/c1-24-15(22)10-14-16(23)19-17(25-14)20-18-11-12-5-4-6-13(9-12)21-7-2-3-8-21/h4-6,9-11H,2-3,7-8H2,1H3,(H,19,20,23)/b14-10+,18-11?. The summed E-state index contributed by atoms with van der Waals surface area (Å²) < 4.78 is 4.51. The molecule has 2 aliphatic heterocycles. The summed E-state index contributed by atoms with van der Waals surface area (Å²) in [6.07, 6.45) is 5.22. The largest absolute Gasteiger partial charge is 0.466 e. The van der Waals surface area contributed by atoms with Crippen LogP contribution >= 0.6 is 11.8 Å². The van der Waals surface area contributed by atoms with E-state index in [1.165, 1.54) is 25.6 Å². The molecule has 7 nitrogen and oxygen atoms in total. The van der Waals surface area contributed by atoms with Crippen molar-refractivity contribution in [2.75, 3.05) is 25.1 Å². The number of carbonyl (C=O) groups excluding carboxylic acids is 2. The summed E-state index contributed by atoms with van der Waals surface area (Å²) in [5, 5.41) is 10.9. The number of nitrogens with one attached hydrogen (secondary N) is 1. The number of nitrogens with zero attached hydrogens (tertiary/aromatic N) is 3. The van der Waals surface area contributed by atoms with Gasteiger partial charge in [-0.3, -0.25) is 10.1 Å². The van der Waals surface area contributed by atoms with Gasteiger partial charge in [0, 0.05) is 24.9 Å². The maximum Gasteiger partial charge on any atom is 0.331 e. The first-order chi connectivity index (χ1) is 12.2. The van der Waals surface area contributed by atoms with Crippen molar-refractivity contribution >= 4 is 40.7 Å². The van der Waals surface area contributed by atoms with Crippen molar-refractivity contribution in [3.8, 4) is 0 Å². The number of rotatable bonds is 4. The molecule has 2 aliphatic rings. The van der Waals surface area contributed by atoms with Crippen LogP contribution in [-0.2, 0) is 14.3 Å². The van der Waals surface area contributed by atoms with Gasteiger partial charge >= 0.3 is 5.97 Å². The molecule has 0 unspecified atom stereocenters. The summed E-state index contributed by atoms with van der Waals surface area (Å²) in [6, 6.07) is 8.10. The molecular weight excluding hydrogens is 340 g/mol. The van der Waals surface area contributed by atoms with Gasteiger partial charge in [0.25, 0.3) is 5.91 Å². The maximum atomic E-state index is 11.7. The van der Waals surface area contributed by atoms with Gasteiger partial charge in [0.05, 0.1) is 18.2 Å². The van der Waals surface area contributed by atoms with Gasteiger partial charge < -0.3 is 9.64 Å². The highest BCUT2D eigenvalue weighted by Crippen LogP contribution is 2.23. The molecule has 130 valence electrons. The van der Waals surface area contributed by atoms with Crippen LogP contribution in [0.3, 0.4) is 0 Å². The summed E-state index contributed by atoms with van der Waals surface area (Å²) in [6.45, 7) is 2.17. The van der Waals surface area contributed by atoms with Crippen LogP contribution in [0.4, 0.5) is 5.69 Å². The summed E-state index contributed by atoms with van der Waals surface area (Å²) >= 11 is 1.05. The molecule has 0 bridgehead atoms. The fourth-order valence-corrected chi connectivity index (χ4v) is 3.31. The third-order valence-electron chi connectivity index (χ3n) is 3.80. The molecule has 1 N–H and O–H groups in total. The first-order valence-electron chi connectivity index (χ1n) is 7.90. The van der Waals surface area contributed by atoms with Crippen molar-refractivity contribution in [3.63, 3.8) is 0 Å². The molecule has 8 heteroatoms. The van der Waals surface area contributed by atoms with Crippen LogP contribution < -0.4 is 10.2 Å². The molecule has 0 radical (unpaired) electrons. The lowest BCUT2D eigenvalue weighted by atomic mass is 10.2. The third kappa shape index (κ3) is 4.48. The Morgan fingerprint density at radius 1 is 1.36 bits per heavy atom. The second-order valence-corrected chi connectivity index (χ2v) is 6.56. The van der Waals surface area contributed by atoms with Crippen LogP contribution in [0.25, 0.3) is 0 Å². The van der Waals surface area contributed by atoms with Gasteiger partial charge in [-0.2, -0.15) is 5.10 Å². The minimum atomic E-state index is -0.582. The molecule has 2 heterocycles. The van der Waals surface area contributed by atoms with Gasteiger partial charge in [-0.05, 0) is 42.3 Å². The number of amidine groups is 1. The van der Waals surface area contributed by atoms with Crippen molar-refractivity contribution in [1.82, 2.24) is 5.32 Å². The highest BCUT2D eigenvalue weighted by Gasteiger charge is 2.25. The highest BCUT2D eigenvalue weighted by molar-refractivity contribution is 8.18. The van der Waals surface area contributed by atoms with E-state index in [1.807, 2.05) is 12.1 Å². The Balaban J connectivity index is 1.66. The first kappa shape index (κ1) is 17.2. The van der Waals surface area contributed by atoms with Crippen molar-refractivity contribution in [1.29, 1.82) is 0 Å². The molecule has 0 aromatic heterocycles. The SMILES string of the molecule is COC(=O)/C=C1/S/C(=N\N=Cc2cccc(N3CCCC3)c2)NC1=O. The Hall–Kier alpha value is -2.61. The molecule has 1 aromatic rings. The average Bonchev–Trinajstić information content (AvgIpc) is 3.26. The van der Waals surface area contributed by atoms with E-state index in [-0.39, 0.29) is 10.8 Å². The van der Waals surface area contributed by atoms with Gasteiger partial charge in [-0.1, -0.05) is 12.1 Å². The second kappa shape index (κ2) is 7.98. The van der Waals surface area contributed by atoms with E-state index < -0.39 is 5.97 Å². The average molecular weight is 358 g/mol. The van der Waals surface area contributed by atoms with Crippen LogP contribution in [0.2, 0.25) is 0 Å². The lowest BCUT2D eigenvalue weighted by Gasteiger charge is -2.17. The van der Waals surface area contributed by atoms with Crippen LogP contribution in [0.5, 0.6) is 0 Å². The number of esters is 1. The van der Waals surface area contributed by atoms with Crippen molar-refractivity contribution in [3.05, 3.63) is 40.8 Å². The Kier molecular flexibility index (Phi) is 5.49. The Morgan fingerprint density at radius 2 is 2.16 bits per heavy atom. The molecule has 1 aromatic carbocycles. The third-order valence-corrected chi connectivity index (χ3v) is 4.70. The van der Waals surface area contributed by atoms with Gasteiger partial charge in [0.2, 0.25) is 0 Å². The van der Waals surface area contributed by atoms with Gasteiger partial charge in [0.15, 0.2) is 5.17 Å². The zero-order chi connectivity index (χ0) is 17.6. The lowest BCUT2D eigenvalue weighted by Crippen LogP contribution is -2.19. The molecular formula is C17H18N4O3S. The molecule has 0 spiro atoms. The summed E-state index contributed by atoms with van der Waals surface area (Å²) in [5.41, 5.74) is 2.12. The van der Waals surface area contributed by atoms with E-state index in [4.69, 9.17) is 0 Å². The predicted molar refractivity (Wildman–Crippen MR) is 98.8 cm³/mol. The topological polar surface area (TPSA) is 83.4 Å². The van der Waals surface area contributed by atoms with Crippen LogP contribution in [0.1, 0.15) is 18.4 Å². The van der Waals surface area contributed by atoms with Crippen LogP contribution in [0.15, 0.2) is 45.4 Å². The number of carbonyl (C=O) groups is 2. The van der Waals surface area contributed by atoms with Crippen molar-refractivity contribution in [2.24, 2.45) is 10.2 Å². The molecule has 2 fully saturated rings. The molecule has 2 saturated heterocycles. The summed E-state index contributed by atoms with van der Waals surface area (Å²) in [4.78, 5) is 25.5. The Morgan fingerprint density at radius 3 is 2.92 bits per heavy atom. The normalized spacial score (nSPS) is 20.7. The van der Waals surface area contributed by atoms with Crippen LogP contribution in [0, 0.1) is 0 Å².